The summed E-state index contributed by atoms with van der Waals surface area (Å²) in [4.78, 5) is 116. The Morgan fingerprint density at radius 1 is 0.713 bits per heavy atom. The summed E-state index contributed by atoms with van der Waals surface area (Å²) in [6.45, 7) is 5.83. The number of aliphatic hydroxyl groups is 6. The van der Waals surface area contributed by atoms with Crippen molar-refractivity contribution >= 4 is 70.6 Å². The van der Waals surface area contributed by atoms with Crippen LogP contribution in [0.5, 0.6) is 46.0 Å². The van der Waals surface area contributed by atoms with Gasteiger partial charge in [0.2, 0.25) is 41.6 Å². The minimum Gasteiger partial charge on any atom is -0.508 e. The molecule has 5 aromatic carbocycles. The molecular formula is C66H76Cl2N8O25+2. The van der Waals surface area contributed by atoms with Crippen molar-refractivity contribution in [2.75, 3.05) is 13.7 Å². The smallest absolute Gasteiger partial charge is 0.330 e. The third-order valence-electron chi connectivity index (χ3n) is 17.9. The highest BCUT2D eigenvalue weighted by atomic mass is 35.5. The molecule has 6 amide bonds. The number of phenols is 3. The Morgan fingerprint density at radius 3 is 1.91 bits per heavy atom. The van der Waals surface area contributed by atoms with Gasteiger partial charge in [-0.15, -0.1) is 0 Å². The monoisotopic (exact) mass is 1450 g/mol. The maximum Gasteiger partial charge on any atom is 0.330 e. The molecule has 0 aromatic heterocycles. The van der Waals surface area contributed by atoms with Crippen LogP contribution in [0.15, 0.2) is 78.9 Å². The van der Waals surface area contributed by atoms with E-state index in [9.17, 15) is 84.9 Å². The van der Waals surface area contributed by atoms with Crippen LogP contribution in [0, 0.1) is 5.92 Å². The molecule has 0 saturated carbocycles. The lowest BCUT2D eigenvalue weighted by Crippen LogP contribution is -2.89. The fraction of sp³-hybridized carbons (Fsp3) is 0.424. The Bertz CT molecular complexity index is 4070. The van der Waals surface area contributed by atoms with Crippen molar-refractivity contribution < 1.29 is 134 Å². The lowest BCUT2D eigenvalue weighted by atomic mass is 9.86. The molecule has 0 aliphatic carbocycles. The normalized spacial score (nSPS) is 29.6. The van der Waals surface area contributed by atoms with Gasteiger partial charge in [-0.2, -0.15) is 0 Å². The van der Waals surface area contributed by atoms with E-state index in [1.54, 1.807) is 19.3 Å². The van der Waals surface area contributed by atoms with Gasteiger partial charge < -0.3 is 128 Å². The fourth-order valence-electron chi connectivity index (χ4n) is 12.6. The first-order valence-electron chi connectivity index (χ1n) is 31.7. The Kier molecular flexibility index (Phi) is 22.2. The molecule has 11 bridgehead atoms. The van der Waals surface area contributed by atoms with E-state index in [4.69, 9.17) is 51.6 Å². The number of amides is 6. The van der Waals surface area contributed by atoms with Crippen LogP contribution in [-0.4, -0.2) is 196 Å². The van der Waals surface area contributed by atoms with Crippen LogP contribution in [0.25, 0.3) is 11.1 Å². The third-order valence-corrected chi connectivity index (χ3v) is 18.5. The Morgan fingerprint density at radius 2 is 1.33 bits per heavy atom. The number of hydrogen-bond acceptors (Lipinski definition) is 23. The number of quaternary nitrogens is 2. The van der Waals surface area contributed by atoms with Crippen molar-refractivity contribution in [3.05, 3.63) is 117 Å². The number of aliphatic carboxylic acids is 2. The average molecular weight is 1450 g/mol. The standard InChI is InChI=1S/C66H74Cl2N8O25/c1-23(2)12-34(70-5)58(87)75-49-51(82)26-7-10-38(32(67)14-26)97-40-16-28-17-41(55(40)101-65-56(54(85)53(84)42(22-77)99-65)100-44-21-66(4,69)57(86)24(3)96-44)98-39-11-8-27(15-33(39)68)52(83)50-62(91)74-48(64(94)95)31-18-29(78)19-37(80)45(31)30-13-25(6-9-36(30)79)46(59(88)76-50)73-60(89)47(28)72-43(81)20-35(63(92)93)71-61(49)90/h6-11,13-19,23-24,34-35,42,44,46-54,56-57,65,70,77-80,82-86H,12,20-22,69H2,1-5H3,(H,71,90)(H,72,81)(H,73,89)(H,74,91)(H,75,87)(H,76,88)(H,92,93)(H,94,95)/p+2/t24-,34?,35?,42+,44-,46?,47?,48?,49?,50?,51?,52?,53+,54-,56+,57+,65-,66-/m0/s1. The molecule has 7 aliphatic heterocycles. The molecule has 0 spiro atoms. The summed E-state index contributed by atoms with van der Waals surface area (Å²) in [5.41, 5.74) is 0.121. The average Bonchev–Trinajstić information content (AvgIpc) is 0.953. The van der Waals surface area contributed by atoms with E-state index in [-0.39, 0.29) is 46.2 Å². The molecule has 9 unspecified atom stereocenters. The number of phenolic OH excluding ortho intramolecular Hbond substituents is 3. The fourth-order valence-corrected chi connectivity index (χ4v) is 13.0. The summed E-state index contributed by atoms with van der Waals surface area (Å²) in [5, 5.41) is 140. The Balaban J connectivity index is 1.23. The van der Waals surface area contributed by atoms with E-state index in [0.717, 1.165) is 66.7 Å². The molecule has 0 radical (unpaired) electrons. The first-order valence-corrected chi connectivity index (χ1v) is 32.5. The molecule has 542 valence electrons. The van der Waals surface area contributed by atoms with E-state index in [1.807, 2.05) is 13.8 Å². The molecule has 2 saturated heterocycles. The predicted octanol–water partition coefficient (Wildman–Crippen LogP) is -1.04. The molecule has 101 heavy (non-hydrogen) atoms. The van der Waals surface area contributed by atoms with Crippen molar-refractivity contribution in [3.63, 3.8) is 0 Å². The molecule has 35 heteroatoms. The summed E-state index contributed by atoms with van der Waals surface area (Å²) < 4.78 is 38.4. The van der Waals surface area contributed by atoms with Gasteiger partial charge in [0.15, 0.2) is 36.0 Å². The maximum atomic E-state index is 15.9. The molecule has 33 nitrogen and oxygen atoms in total. The van der Waals surface area contributed by atoms with Crippen LogP contribution in [0.1, 0.15) is 105 Å². The van der Waals surface area contributed by atoms with Crippen molar-refractivity contribution in [1.29, 1.82) is 0 Å². The van der Waals surface area contributed by atoms with E-state index in [2.05, 4.69) is 37.6 Å². The van der Waals surface area contributed by atoms with E-state index in [0.29, 0.717) is 0 Å². The van der Waals surface area contributed by atoms with E-state index < -0.39 is 237 Å². The van der Waals surface area contributed by atoms with Gasteiger partial charge in [-0.3, -0.25) is 28.8 Å². The second-order valence-corrected chi connectivity index (χ2v) is 26.7. The van der Waals surface area contributed by atoms with Gasteiger partial charge in [0.1, 0.15) is 101 Å². The molecule has 5 aromatic rings. The van der Waals surface area contributed by atoms with Gasteiger partial charge in [0.25, 0.3) is 5.91 Å². The number of hydrogen-bond donors (Lipinski definition) is 19. The molecule has 12 rings (SSSR count). The van der Waals surface area contributed by atoms with E-state index >= 15 is 9.59 Å². The molecule has 22 N–H and O–H groups in total. The highest BCUT2D eigenvalue weighted by molar-refractivity contribution is 6.32. The number of carboxylic acids is 2. The first kappa shape index (κ1) is 74.5. The third kappa shape index (κ3) is 15.8. The minimum absolute atomic E-state index is 0.0658. The van der Waals surface area contributed by atoms with Crippen molar-refractivity contribution in [3.8, 4) is 57.1 Å². The molecule has 7 heterocycles. The number of nitrogens with two attached hydrogens (primary N) is 1. The zero-order valence-electron chi connectivity index (χ0n) is 54.4. The van der Waals surface area contributed by atoms with Crippen molar-refractivity contribution in [2.45, 2.75) is 156 Å². The highest BCUT2D eigenvalue weighted by Gasteiger charge is 2.52. The zero-order valence-corrected chi connectivity index (χ0v) is 55.9. The molecule has 2 fully saturated rings. The molecular weight excluding hydrogens is 1380 g/mol. The van der Waals surface area contributed by atoms with Gasteiger partial charge in [-0.1, -0.05) is 55.2 Å². The number of likely N-dealkylation sites (N-methyl/N-ethyl adjacent to an activating group) is 1. The SMILES string of the molecule is C[NH2+]C(CC(C)C)C(=O)NC1C(=O)NC(C(=O)O)CC(=O)NC2C(=O)NC3C(=O)NC(C(=O)NC(C(=O)O)c4cc(O)cc(O)c4-c4cc3ccc4O)C(O)c3ccc(c(Cl)c3)Oc3cc2cc(c3O[C@@H]2O[C@H](CO)[C@@H](O)[C@H](O)[C@H]2O[C@H]2C[C@](C)([NH3+])[C@H](O)[C@H](C)O2)Oc2ccc(cc2Cl)C1O. The maximum absolute atomic E-state index is 15.9. The van der Waals surface area contributed by atoms with Gasteiger partial charge >= 0.3 is 11.9 Å². The number of nitrogens with one attached hydrogen (secondary N) is 6. The first-order chi connectivity index (χ1) is 47.7. The summed E-state index contributed by atoms with van der Waals surface area (Å²) in [5.74, 6) is -16.5. The second kappa shape index (κ2) is 30.2. The number of carboxylic acid groups (broad SMARTS) is 2. The quantitative estimate of drug-likeness (QED) is 0.0709. The predicted molar refractivity (Wildman–Crippen MR) is 345 cm³/mol. The van der Waals surface area contributed by atoms with Crippen molar-refractivity contribution in [1.82, 2.24) is 31.9 Å². The van der Waals surface area contributed by atoms with Crippen molar-refractivity contribution in [2.24, 2.45) is 5.92 Å². The van der Waals surface area contributed by atoms with Gasteiger partial charge in [0, 0.05) is 29.2 Å². The van der Waals surface area contributed by atoms with Crippen LogP contribution in [0.3, 0.4) is 0 Å². The Hall–Kier alpha value is -9.20. The summed E-state index contributed by atoms with van der Waals surface area (Å²) in [7, 11) is 1.59. The number of benzene rings is 5. The summed E-state index contributed by atoms with van der Waals surface area (Å²) >= 11 is 14.1. The number of rotatable bonds is 12. The summed E-state index contributed by atoms with van der Waals surface area (Å²) in [6, 6.07) is -0.655. The number of fused-ring (bicyclic) bond motifs is 16. The lowest BCUT2D eigenvalue weighted by molar-refractivity contribution is -0.651. The molecule has 7 aliphatic rings. The Labute approximate surface area is 583 Å². The minimum atomic E-state index is -2.31. The zero-order chi connectivity index (χ0) is 73.5. The molecule has 18 atom stereocenters. The van der Waals surface area contributed by atoms with Crippen LogP contribution >= 0.6 is 23.2 Å². The van der Waals surface area contributed by atoms with Crippen LogP contribution < -0.4 is 57.2 Å². The number of carbonyl (C=O) groups excluding carboxylic acids is 6. The highest BCUT2D eigenvalue weighted by Crippen LogP contribution is 2.50. The largest absolute Gasteiger partial charge is 0.508 e. The van der Waals surface area contributed by atoms with Crippen LogP contribution in [0.4, 0.5) is 0 Å². The van der Waals surface area contributed by atoms with Gasteiger partial charge in [-0.25, -0.2) is 9.59 Å². The van der Waals surface area contributed by atoms with Gasteiger partial charge in [-0.05, 0) is 96.6 Å². The van der Waals surface area contributed by atoms with Crippen LogP contribution in [0.2, 0.25) is 10.0 Å². The second-order valence-electron chi connectivity index (χ2n) is 25.9. The van der Waals surface area contributed by atoms with E-state index in [1.165, 1.54) is 19.1 Å². The number of aliphatic hydroxyl groups excluding tert-OH is 6. The summed E-state index contributed by atoms with van der Waals surface area (Å²) in [6.07, 6.45) is -18.3. The van der Waals surface area contributed by atoms with Crippen LogP contribution in [-0.2, 0) is 52.6 Å². The number of aromatic hydroxyl groups is 3. The number of halogens is 2. The number of carbonyl (C=O) groups is 8. The number of ether oxygens (including phenoxy) is 6. The topological polar surface area (TPSA) is 531 Å². The lowest BCUT2D eigenvalue weighted by Gasteiger charge is -2.45. The van der Waals surface area contributed by atoms with Gasteiger partial charge in [0.05, 0.1) is 42.6 Å².